The van der Waals surface area contributed by atoms with Crippen molar-refractivity contribution in [3.8, 4) is 0 Å². The topological polar surface area (TPSA) is 102 Å². The molecule has 0 fully saturated rings. The molecule has 1 aromatic heterocycles. The van der Waals surface area contributed by atoms with Gasteiger partial charge in [-0.15, -0.1) is 0 Å². The van der Waals surface area contributed by atoms with Gasteiger partial charge in [0.25, 0.3) is 5.43 Å². The lowest BCUT2D eigenvalue weighted by molar-refractivity contribution is -0.386. The second kappa shape index (κ2) is 4.36. The molecule has 0 aromatic carbocycles. The molecule has 0 aliphatic heterocycles. The molecule has 1 rings (SSSR count). The van der Waals surface area contributed by atoms with E-state index in [1.54, 1.807) is 0 Å². The Kier molecular flexibility index (Phi) is 3.17. The van der Waals surface area contributed by atoms with Gasteiger partial charge in [-0.05, 0) is 0 Å². The van der Waals surface area contributed by atoms with Gasteiger partial charge in [-0.2, -0.15) is 0 Å². The highest BCUT2D eigenvalue weighted by Gasteiger charge is 2.11. The summed E-state index contributed by atoms with van der Waals surface area (Å²) in [5, 5.41) is 18.8. The van der Waals surface area contributed by atoms with Crippen LogP contribution in [0.3, 0.4) is 0 Å². The molecule has 0 atom stereocenters. The number of pyridine rings is 1. The molecule has 1 aromatic rings. The number of carbonyl (C=O) groups is 1. The van der Waals surface area contributed by atoms with Crippen molar-refractivity contribution < 1.29 is 14.8 Å². The summed E-state index contributed by atoms with van der Waals surface area (Å²) in [7, 11) is 0. The third-order valence-corrected chi connectivity index (χ3v) is 1.74. The zero-order valence-electron chi connectivity index (χ0n) is 7.62. The lowest BCUT2D eigenvalue weighted by atomic mass is 10.3. The van der Waals surface area contributed by atoms with E-state index in [0.717, 1.165) is 12.3 Å². The molecule has 1 heterocycles. The number of carboxylic acids is 1. The maximum atomic E-state index is 11.0. The Balaban J connectivity index is 2.93. The molecule has 80 valence electrons. The van der Waals surface area contributed by atoms with Crippen molar-refractivity contribution in [3.63, 3.8) is 0 Å². The molecule has 0 unspecified atom stereocenters. The second-order valence-electron chi connectivity index (χ2n) is 2.83. The normalized spacial score (nSPS) is 9.87. The SMILES string of the molecule is O=C(O)CCn1ccc(=O)c([N+](=O)[O-])c1. The van der Waals surface area contributed by atoms with Gasteiger partial charge in [0.15, 0.2) is 0 Å². The third kappa shape index (κ3) is 2.90. The first-order valence-corrected chi connectivity index (χ1v) is 4.07. The van der Waals surface area contributed by atoms with Gasteiger partial charge in [0, 0.05) is 18.8 Å². The number of nitrogens with zero attached hydrogens (tertiary/aromatic N) is 2. The number of hydrogen-bond donors (Lipinski definition) is 1. The van der Waals surface area contributed by atoms with E-state index in [2.05, 4.69) is 0 Å². The molecule has 0 saturated carbocycles. The molecule has 15 heavy (non-hydrogen) atoms. The van der Waals surface area contributed by atoms with E-state index < -0.39 is 22.0 Å². The molecule has 0 amide bonds. The Morgan fingerprint density at radius 3 is 2.80 bits per heavy atom. The highest BCUT2D eigenvalue weighted by atomic mass is 16.6. The average Bonchev–Trinajstić information content (AvgIpc) is 2.16. The van der Waals surface area contributed by atoms with Crippen LogP contribution >= 0.6 is 0 Å². The molecular formula is C8H8N2O5. The van der Waals surface area contributed by atoms with Gasteiger partial charge in [-0.3, -0.25) is 19.7 Å². The van der Waals surface area contributed by atoms with Crippen molar-refractivity contribution in [1.29, 1.82) is 0 Å². The minimum absolute atomic E-state index is 0.0937. The Bertz CT molecular complexity index is 451. The molecule has 0 bridgehead atoms. The Labute approximate surface area is 83.7 Å². The van der Waals surface area contributed by atoms with Gasteiger partial charge in [-0.1, -0.05) is 0 Å². The lowest BCUT2D eigenvalue weighted by Crippen LogP contribution is -2.12. The van der Waals surface area contributed by atoms with Crippen LogP contribution in [0.1, 0.15) is 6.42 Å². The van der Waals surface area contributed by atoms with E-state index in [0.29, 0.717) is 0 Å². The van der Waals surface area contributed by atoms with Crippen LogP contribution in [0.15, 0.2) is 23.3 Å². The van der Waals surface area contributed by atoms with Crippen LogP contribution in [0.4, 0.5) is 5.69 Å². The molecule has 0 aliphatic rings. The average molecular weight is 212 g/mol. The Morgan fingerprint density at radius 1 is 1.60 bits per heavy atom. The zero-order valence-corrected chi connectivity index (χ0v) is 7.62. The molecule has 0 spiro atoms. The minimum atomic E-state index is -1.00. The van der Waals surface area contributed by atoms with E-state index in [9.17, 15) is 19.7 Å². The maximum absolute atomic E-state index is 11.0. The smallest absolute Gasteiger partial charge is 0.332 e. The molecule has 0 aliphatic carbocycles. The summed E-state index contributed by atoms with van der Waals surface area (Å²) in [5.41, 5.74) is -1.24. The highest BCUT2D eigenvalue weighted by Crippen LogP contribution is 2.02. The van der Waals surface area contributed by atoms with Crippen molar-refractivity contribution in [1.82, 2.24) is 4.57 Å². The zero-order chi connectivity index (χ0) is 11.4. The first kappa shape index (κ1) is 10.9. The number of rotatable bonds is 4. The van der Waals surface area contributed by atoms with Crippen LogP contribution in [0, 0.1) is 10.1 Å². The summed E-state index contributed by atoms with van der Waals surface area (Å²) in [5.74, 6) is -1.00. The third-order valence-electron chi connectivity index (χ3n) is 1.74. The summed E-state index contributed by atoms with van der Waals surface area (Å²) in [6.45, 7) is 0.0937. The summed E-state index contributed by atoms with van der Waals surface area (Å²) in [6, 6.07) is 1.04. The van der Waals surface area contributed by atoms with Crippen LogP contribution in [-0.4, -0.2) is 20.6 Å². The number of aromatic nitrogens is 1. The number of hydrogen-bond acceptors (Lipinski definition) is 4. The summed E-state index contributed by atoms with van der Waals surface area (Å²) < 4.78 is 1.30. The number of aryl methyl sites for hydroxylation is 1. The minimum Gasteiger partial charge on any atom is -0.481 e. The fraction of sp³-hybridized carbons (Fsp3) is 0.250. The van der Waals surface area contributed by atoms with Gasteiger partial charge >= 0.3 is 11.7 Å². The molecule has 7 heteroatoms. The van der Waals surface area contributed by atoms with Gasteiger partial charge in [0.05, 0.1) is 17.5 Å². The molecule has 7 nitrogen and oxygen atoms in total. The maximum Gasteiger partial charge on any atom is 0.332 e. The van der Waals surface area contributed by atoms with Crippen molar-refractivity contribution in [2.75, 3.05) is 0 Å². The molecular weight excluding hydrogens is 204 g/mol. The van der Waals surface area contributed by atoms with Crippen LogP contribution in [0.25, 0.3) is 0 Å². The van der Waals surface area contributed by atoms with Crippen LogP contribution < -0.4 is 5.43 Å². The van der Waals surface area contributed by atoms with Gasteiger partial charge in [0.2, 0.25) is 0 Å². The van der Waals surface area contributed by atoms with Crippen molar-refractivity contribution in [3.05, 3.63) is 38.8 Å². The Morgan fingerprint density at radius 2 is 2.27 bits per heavy atom. The van der Waals surface area contributed by atoms with E-state index in [1.807, 2.05) is 0 Å². The van der Waals surface area contributed by atoms with E-state index in [4.69, 9.17) is 5.11 Å². The standard InChI is InChI=1S/C8H8N2O5/c11-7-1-3-9(4-2-8(12)13)5-6(7)10(14)15/h1,3,5H,2,4H2,(H,12,13). The number of carboxylic acid groups (broad SMARTS) is 1. The number of aliphatic carboxylic acids is 1. The second-order valence-corrected chi connectivity index (χ2v) is 2.83. The van der Waals surface area contributed by atoms with Gasteiger partial charge in [-0.25, -0.2) is 0 Å². The predicted molar refractivity (Wildman–Crippen MR) is 49.6 cm³/mol. The summed E-state index contributed by atoms with van der Waals surface area (Å²) >= 11 is 0. The summed E-state index contributed by atoms with van der Waals surface area (Å²) in [6.07, 6.45) is 2.20. The van der Waals surface area contributed by atoms with Gasteiger partial charge < -0.3 is 9.67 Å². The quantitative estimate of drug-likeness (QED) is 0.568. The fourth-order valence-corrected chi connectivity index (χ4v) is 1.01. The predicted octanol–water partition coefficient (Wildman–Crippen LogP) is 0.231. The van der Waals surface area contributed by atoms with Crippen LogP contribution in [0.2, 0.25) is 0 Å². The van der Waals surface area contributed by atoms with Crippen LogP contribution in [0.5, 0.6) is 0 Å². The lowest BCUT2D eigenvalue weighted by Gasteiger charge is -2.02. The largest absolute Gasteiger partial charge is 0.481 e. The first-order chi connectivity index (χ1) is 7.00. The monoisotopic (exact) mass is 212 g/mol. The fourth-order valence-electron chi connectivity index (χ4n) is 1.01. The Hall–Kier alpha value is -2.18. The van der Waals surface area contributed by atoms with Crippen LogP contribution in [-0.2, 0) is 11.3 Å². The molecule has 0 saturated heterocycles. The van der Waals surface area contributed by atoms with Crippen molar-refractivity contribution in [2.24, 2.45) is 0 Å². The summed E-state index contributed by atoms with van der Waals surface area (Å²) in [4.78, 5) is 30.8. The molecule has 1 N–H and O–H groups in total. The molecule has 0 radical (unpaired) electrons. The van der Waals surface area contributed by atoms with E-state index in [-0.39, 0.29) is 13.0 Å². The number of nitro groups is 1. The highest BCUT2D eigenvalue weighted by molar-refractivity contribution is 5.66. The van der Waals surface area contributed by atoms with E-state index >= 15 is 0 Å². The first-order valence-electron chi connectivity index (χ1n) is 4.07. The van der Waals surface area contributed by atoms with E-state index in [1.165, 1.54) is 10.8 Å². The van der Waals surface area contributed by atoms with Crippen molar-refractivity contribution >= 4 is 11.7 Å². The van der Waals surface area contributed by atoms with Crippen molar-refractivity contribution in [2.45, 2.75) is 13.0 Å². The van der Waals surface area contributed by atoms with Gasteiger partial charge in [0.1, 0.15) is 0 Å².